The summed E-state index contributed by atoms with van der Waals surface area (Å²) in [6, 6.07) is 15.5. The van der Waals surface area contributed by atoms with E-state index in [2.05, 4.69) is 20.3 Å². The number of hydrogen-bond acceptors (Lipinski definition) is 5. The molecule has 2 heterocycles. The van der Waals surface area contributed by atoms with Crippen molar-refractivity contribution in [2.45, 2.75) is 20.6 Å². The van der Waals surface area contributed by atoms with E-state index in [0.29, 0.717) is 53.3 Å². The Hall–Kier alpha value is -2.53. The minimum atomic E-state index is -3.46. The Morgan fingerprint density at radius 3 is 2.45 bits per heavy atom. The van der Waals surface area contributed by atoms with Crippen molar-refractivity contribution in [2.75, 3.05) is 27.7 Å². The molecule has 1 atom stereocenters. The number of halogens is 3. The van der Waals surface area contributed by atoms with E-state index in [1.807, 2.05) is 0 Å². The molecule has 1 aliphatic rings. The molecule has 0 radical (unpaired) electrons. The number of para-hydroxylation sites is 1. The van der Waals surface area contributed by atoms with Gasteiger partial charge in [-0.25, -0.2) is 22.6 Å². The zero-order valence-electron chi connectivity index (χ0n) is 20.1. The number of aromatic nitrogens is 1. The van der Waals surface area contributed by atoms with Crippen molar-refractivity contribution in [3.05, 3.63) is 72.4 Å². The molecule has 9 nitrogen and oxygen atoms in total. The van der Waals surface area contributed by atoms with Gasteiger partial charge in [0.15, 0.2) is 0 Å². The van der Waals surface area contributed by atoms with Crippen molar-refractivity contribution >= 4 is 84.3 Å². The summed E-state index contributed by atoms with van der Waals surface area (Å²) in [5, 5.41) is 5.39. The number of urea groups is 1. The SMILES string of the molecule is CS(=O)(=O)Nc1ccccc1-c1ccc(N2CCC[C@@H](NC(=O)Nc3ccc(C(F)(I)I)cc3)C2=O)nc1. The lowest BCUT2D eigenvalue weighted by Crippen LogP contribution is -2.53. The molecule has 0 saturated carbocycles. The summed E-state index contributed by atoms with van der Waals surface area (Å²) in [5.74, 6) is 0.153. The van der Waals surface area contributed by atoms with Gasteiger partial charge in [-0.1, -0.05) is 30.3 Å². The van der Waals surface area contributed by atoms with Crippen LogP contribution in [0.3, 0.4) is 0 Å². The fraction of sp³-hybridized carbons (Fsp3) is 0.240. The molecule has 1 aliphatic heterocycles. The lowest BCUT2D eigenvalue weighted by atomic mass is 10.0. The molecule has 3 amide bonds. The van der Waals surface area contributed by atoms with Crippen LogP contribution in [0.15, 0.2) is 66.9 Å². The number of carbonyl (C=O) groups excluding carboxylic acids is 2. The Balaban J connectivity index is 1.42. The Morgan fingerprint density at radius 2 is 1.82 bits per heavy atom. The number of rotatable bonds is 7. The van der Waals surface area contributed by atoms with Crippen LogP contribution in [0.4, 0.5) is 26.4 Å². The molecule has 0 aliphatic carbocycles. The fourth-order valence-electron chi connectivity index (χ4n) is 4.03. The number of piperidine rings is 1. The third-order valence-corrected chi connectivity index (χ3v) is 7.61. The van der Waals surface area contributed by atoms with Crippen LogP contribution in [-0.4, -0.2) is 44.2 Å². The zero-order chi connectivity index (χ0) is 27.5. The first-order valence-corrected chi connectivity index (χ1v) is 15.5. The summed E-state index contributed by atoms with van der Waals surface area (Å²) in [7, 11) is -3.46. The van der Waals surface area contributed by atoms with Gasteiger partial charge in [-0.05, 0) is 88.4 Å². The Kier molecular flexibility index (Phi) is 8.76. The number of carbonyl (C=O) groups is 2. The molecule has 0 bridgehead atoms. The molecule has 13 heteroatoms. The van der Waals surface area contributed by atoms with Gasteiger partial charge in [0.05, 0.1) is 11.9 Å². The van der Waals surface area contributed by atoms with Gasteiger partial charge in [-0.2, -0.15) is 0 Å². The first kappa shape index (κ1) is 28.5. The summed E-state index contributed by atoms with van der Waals surface area (Å²) in [6.45, 7) is 0.455. The van der Waals surface area contributed by atoms with Crippen LogP contribution in [-0.2, 0) is 16.5 Å². The van der Waals surface area contributed by atoms with Gasteiger partial charge in [-0.3, -0.25) is 14.4 Å². The van der Waals surface area contributed by atoms with Gasteiger partial charge < -0.3 is 10.6 Å². The van der Waals surface area contributed by atoms with Crippen molar-refractivity contribution in [1.82, 2.24) is 10.3 Å². The highest BCUT2D eigenvalue weighted by Crippen LogP contribution is 2.40. The predicted molar refractivity (Wildman–Crippen MR) is 163 cm³/mol. The zero-order valence-corrected chi connectivity index (χ0v) is 25.3. The summed E-state index contributed by atoms with van der Waals surface area (Å²) < 4.78 is 38.4. The molecule has 1 aromatic heterocycles. The van der Waals surface area contributed by atoms with Crippen molar-refractivity contribution in [2.24, 2.45) is 0 Å². The van der Waals surface area contributed by atoms with Gasteiger partial charge in [-0.15, -0.1) is 0 Å². The Bertz CT molecular complexity index is 1430. The Labute approximate surface area is 247 Å². The highest BCUT2D eigenvalue weighted by Gasteiger charge is 2.31. The maximum Gasteiger partial charge on any atom is 0.319 e. The van der Waals surface area contributed by atoms with E-state index in [0.717, 1.165) is 6.26 Å². The summed E-state index contributed by atoms with van der Waals surface area (Å²) in [5.41, 5.74) is 2.71. The van der Waals surface area contributed by atoms with Gasteiger partial charge in [0.1, 0.15) is 11.9 Å². The van der Waals surface area contributed by atoms with Gasteiger partial charge in [0.2, 0.25) is 11.7 Å². The first-order chi connectivity index (χ1) is 17.9. The third-order valence-electron chi connectivity index (χ3n) is 5.77. The number of hydrogen-bond donors (Lipinski definition) is 3. The molecule has 2 aromatic carbocycles. The fourth-order valence-corrected chi connectivity index (χ4v) is 5.33. The number of alkyl halides is 3. The molecule has 3 aromatic rings. The largest absolute Gasteiger partial charge is 0.326 e. The second-order valence-electron chi connectivity index (χ2n) is 8.68. The predicted octanol–water partition coefficient (Wildman–Crippen LogP) is 5.39. The number of pyridine rings is 1. The number of nitrogens with one attached hydrogen (secondary N) is 3. The van der Waals surface area contributed by atoms with E-state index in [1.165, 1.54) is 4.90 Å². The number of anilines is 3. The summed E-state index contributed by atoms with van der Waals surface area (Å²) >= 11 is 3.37. The van der Waals surface area contributed by atoms with E-state index in [9.17, 15) is 22.4 Å². The van der Waals surface area contributed by atoms with E-state index in [1.54, 1.807) is 112 Å². The normalized spacial score (nSPS) is 16.2. The smallest absolute Gasteiger partial charge is 0.319 e. The second kappa shape index (κ2) is 11.7. The standard InChI is InChI=1S/C25H24FI2N5O4S/c1-38(36,37)32-20-6-3-2-5-19(20)16-8-13-22(29-15-16)33-14-4-7-21(23(33)34)31-24(35)30-18-11-9-17(10-12-18)25(26,27)28/h2-3,5-6,8-13,15,21,32H,4,7,14H2,1H3,(H2,30,31,35)/t21-/m1/s1. The maximum absolute atomic E-state index is 14.0. The third kappa shape index (κ3) is 7.31. The molecule has 200 valence electrons. The molecule has 38 heavy (non-hydrogen) atoms. The van der Waals surface area contributed by atoms with E-state index >= 15 is 0 Å². The minimum absolute atomic E-state index is 0.279. The molecule has 1 fully saturated rings. The average Bonchev–Trinajstić information content (AvgIpc) is 2.85. The maximum atomic E-state index is 14.0. The minimum Gasteiger partial charge on any atom is -0.326 e. The molecule has 1 saturated heterocycles. The van der Waals surface area contributed by atoms with Crippen LogP contribution in [0.25, 0.3) is 11.1 Å². The average molecular weight is 763 g/mol. The molecule has 3 N–H and O–H groups in total. The van der Waals surface area contributed by atoms with Crippen LogP contribution in [0.2, 0.25) is 0 Å². The van der Waals surface area contributed by atoms with Crippen LogP contribution >= 0.6 is 45.2 Å². The van der Waals surface area contributed by atoms with Crippen LogP contribution in [0, 0.1) is 0 Å². The highest BCUT2D eigenvalue weighted by molar-refractivity contribution is 14.2. The lowest BCUT2D eigenvalue weighted by Gasteiger charge is -2.32. The molecule has 4 rings (SSSR count). The number of amides is 3. The second-order valence-corrected chi connectivity index (χ2v) is 15.5. The van der Waals surface area contributed by atoms with Gasteiger partial charge in [0, 0.05) is 35.1 Å². The highest BCUT2D eigenvalue weighted by atomic mass is 127. The van der Waals surface area contributed by atoms with Crippen LogP contribution in [0.1, 0.15) is 18.4 Å². The van der Waals surface area contributed by atoms with E-state index in [-0.39, 0.29) is 5.91 Å². The summed E-state index contributed by atoms with van der Waals surface area (Å²) in [4.78, 5) is 31.7. The number of nitrogens with zero attached hydrogens (tertiary/aromatic N) is 2. The molecular weight excluding hydrogens is 739 g/mol. The van der Waals surface area contributed by atoms with Crippen molar-refractivity contribution in [3.63, 3.8) is 0 Å². The van der Waals surface area contributed by atoms with Gasteiger partial charge in [0.25, 0.3) is 5.91 Å². The van der Waals surface area contributed by atoms with Crippen LogP contribution in [0.5, 0.6) is 0 Å². The first-order valence-electron chi connectivity index (χ1n) is 11.5. The van der Waals surface area contributed by atoms with Crippen molar-refractivity contribution < 1.29 is 22.4 Å². The lowest BCUT2D eigenvalue weighted by molar-refractivity contribution is -0.121. The topological polar surface area (TPSA) is 121 Å². The number of sulfonamides is 1. The Morgan fingerprint density at radius 1 is 1.11 bits per heavy atom. The number of benzene rings is 2. The molecule has 0 unspecified atom stereocenters. The van der Waals surface area contributed by atoms with Crippen LogP contribution < -0.4 is 20.3 Å². The van der Waals surface area contributed by atoms with E-state index < -0.39 is 23.8 Å². The van der Waals surface area contributed by atoms with Gasteiger partial charge >= 0.3 is 6.03 Å². The van der Waals surface area contributed by atoms with E-state index in [4.69, 9.17) is 0 Å². The monoisotopic (exact) mass is 763 g/mol. The van der Waals surface area contributed by atoms with Crippen molar-refractivity contribution in [3.8, 4) is 11.1 Å². The molecule has 0 spiro atoms. The summed E-state index contributed by atoms with van der Waals surface area (Å²) in [6.07, 6.45) is 3.81. The van der Waals surface area contributed by atoms with Crippen molar-refractivity contribution in [1.29, 1.82) is 0 Å². The quantitative estimate of drug-likeness (QED) is 0.221. The molecular formula is C25H24FI2N5O4S.